The van der Waals surface area contributed by atoms with Crippen LogP contribution in [-0.4, -0.2) is 36.0 Å². The van der Waals surface area contributed by atoms with Gasteiger partial charge < -0.3 is 19.3 Å². The van der Waals surface area contributed by atoms with Gasteiger partial charge in [0.25, 0.3) is 11.5 Å². The van der Waals surface area contributed by atoms with Crippen LogP contribution in [0.15, 0.2) is 52.2 Å². The summed E-state index contributed by atoms with van der Waals surface area (Å²) in [5, 5.41) is 11.2. The predicted octanol–water partition coefficient (Wildman–Crippen LogP) is 3.25. The molecular weight excluding hydrogens is 364 g/mol. The van der Waals surface area contributed by atoms with E-state index < -0.39 is 11.5 Å². The minimum Gasteiger partial charge on any atom is -0.506 e. The Morgan fingerprint density at radius 1 is 1.22 bits per heavy atom. The summed E-state index contributed by atoms with van der Waals surface area (Å²) >= 11 is 1.51. The molecule has 1 heterocycles. The Labute approximate surface area is 161 Å². The number of aromatic nitrogens is 1. The van der Waals surface area contributed by atoms with E-state index in [0.29, 0.717) is 22.3 Å². The van der Waals surface area contributed by atoms with Crippen LogP contribution in [0, 0.1) is 0 Å². The number of hydrogen-bond acceptors (Lipinski definition) is 5. The second kappa shape index (κ2) is 7.36. The van der Waals surface area contributed by atoms with E-state index in [9.17, 15) is 14.7 Å². The number of methoxy groups -OCH3 is 1. The zero-order valence-corrected chi connectivity index (χ0v) is 16.3. The summed E-state index contributed by atoms with van der Waals surface area (Å²) in [6, 6.07) is 12.4. The number of benzene rings is 2. The van der Waals surface area contributed by atoms with Crippen LogP contribution in [0.5, 0.6) is 11.5 Å². The van der Waals surface area contributed by atoms with Crippen LogP contribution >= 0.6 is 11.8 Å². The molecular formula is C20H20N2O4S. The number of para-hydroxylation sites is 2. The van der Waals surface area contributed by atoms with Gasteiger partial charge in [-0.15, -0.1) is 11.8 Å². The highest BCUT2D eigenvalue weighted by Crippen LogP contribution is 2.32. The van der Waals surface area contributed by atoms with E-state index in [1.54, 1.807) is 50.5 Å². The molecule has 0 aliphatic heterocycles. The fraction of sp³-hybridized carbons (Fsp3) is 0.200. The van der Waals surface area contributed by atoms with Gasteiger partial charge in [-0.3, -0.25) is 9.59 Å². The fourth-order valence-corrected chi connectivity index (χ4v) is 3.45. The van der Waals surface area contributed by atoms with Gasteiger partial charge in [0.2, 0.25) is 0 Å². The largest absolute Gasteiger partial charge is 0.506 e. The fourth-order valence-electron chi connectivity index (χ4n) is 3.01. The number of hydrogen-bond donors (Lipinski definition) is 1. The lowest BCUT2D eigenvalue weighted by Gasteiger charge is -2.21. The molecule has 0 aliphatic rings. The number of rotatable bonds is 4. The van der Waals surface area contributed by atoms with Crippen molar-refractivity contribution in [2.75, 3.05) is 25.3 Å². The first-order valence-corrected chi connectivity index (χ1v) is 9.44. The van der Waals surface area contributed by atoms with Gasteiger partial charge in [0.15, 0.2) is 0 Å². The molecule has 0 saturated carbocycles. The lowest BCUT2D eigenvalue weighted by atomic mass is 10.1. The van der Waals surface area contributed by atoms with E-state index in [1.807, 2.05) is 12.3 Å². The van der Waals surface area contributed by atoms with Crippen LogP contribution in [0.4, 0.5) is 5.69 Å². The quantitative estimate of drug-likeness (QED) is 0.699. The predicted molar refractivity (Wildman–Crippen MR) is 108 cm³/mol. The molecule has 2 aromatic carbocycles. The topological polar surface area (TPSA) is 71.8 Å². The van der Waals surface area contributed by atoms with Crippen molar-refractivity contribution in [1.29, 1.82) is 0 Å². The highest BCUT2D eigenvalue weighted by atomic mass is 32.2. The van der Waals surface area contributed by atoms with Crippen molar-refractivity contribution in [3.8, 4) is 11.5 Å². The maximum absolute atomic E-state index is 13.1. The van der Waals surface area contributed by atoms with Gasteiger partial charge in [0.1, 0.15) is 17.1 Å². The Bertz CT molecular complexity index is 1090. The van der Waals surface area contributed by atoms with Crippen molar-refractivity contribution in [2.24, 2.45) is 7.05 Å². The van der Waals surface area contributed by atoms with E-state index in [0.717, 1.165) is 4.90 Å². The summed E-state index contributed by atoms with van der Waals surface area (Å²) in [5.41, 5.74) is 0.247. The van der Waals surface area contributed by atoms with Gasteiger partial charge in [-0.05, 0) is 36.6 Å². The Morgan fingerprint density at radius 3 is 2.59 bits per heavy atom. The minimum atomic E-state index is -0.603. The van der Waals surface area contributed by atoms with Crippen molar-refractivity contribution in [3.63, 3.8) is 0 Å². The summed E-state index contributed by atoms with van der Waals surface area (Å²) in [5.74, 6) is -0.417. The van der Waals surface area contributed by atoms with Crippen LogP contribution in [0.2, 0.25) is 0 Å². The molecule has 27 heavy (non-hydrogen) atoms. The second-order valence-electron chi connectivity index (χ2n) is 6.01. The number of aromatic hydroxyl groups is 1. The normalized spacial score (nSPS) is 10.8. The lowest BCUT2D eigenvalue weighted by Crippen LogP contribution is -2.34. The Hall–Kier alpha value is -2.93. The molecule has 0 unspecified atom stereocenters. The average Bonchev–Trinajstić information content (AvgIpc) is 2.71. The molecule has 3 aromatic rings. The van der Waals surface area contributed by atoms with E-state index in [4.69, 9.17) is 4.74 Å². The van der Waals surface area contributed by atoms with Gasteiger partial charge in [0.05, 0.1) is 18.3 Å². The first-order valence-electron chi connectivity index (χ1n) is 8.21. The van der Waals surface area contributed by atoms with Gasteiger partial charge in [0, 0.05) is 24.4 Å². The van der Waals surface area contributed by atoms with Crippen LogP contribution in [0.25, 0.3) is 10.9 Å². The Kier molecular flexibility index (Phi) is 5.14. The smallest absolute Gasteiger partial charge is 0.267 e. The van der Waals surface area contributed by atoms with Crippen LogP contribution in [-0.2, 0) is 7.05 Å². The molecule has 0 radical (unpaired) electrons. The number of fused-ring (bicyclic) bond motifs is 1. The summed E-state index contributed by atoms with van der Waals surface area (Å²) in [4.78, 5) is 28.1. The van der Waals surface area contributed by atoms with Crippen molar-refractivity contribution in [2.45, 2.75) is 4.90 Å². The molecule has 7 heteroatoms. The van der Waals surface area contributed by atoms with Gasteiger partial charge in [-0.25, -0.2) is 0 Å². The first kappa shape index (κ1) is 18.8. The first-order chi connectivity index (χ1) is 12.9. The third kappa shape index (κ3) is 3.14. The number of carbonyl (C=O) groups is 1. The van der Waals surface area contributed by atoms with Gasteiger partial charge in [-0.1, -0.05) is 12.1 Å². The van der Waals surface area contributed by atoms with Crippen molar-refractivity contribution in [3.05, 3.63) is 58.4 Å². The number of amides is 1. The molecule has 3 rings (SSSR count). The number of thioether (sulfide) groups is 1. The maximum atomic E-state index is 13.1. The number of ether oxygens (including phenoxy) is 1. The molecule has 1 N–H and O–H groups in total. The number of aryl methyl sites for hydroxylation is 1. The van der Waals surface area contributed by atoms with Crippen LogP contribution < -0.4 is 15.2 Å². The zero-order chi connectivity index (χ0) is 19.7. The lowest BCUT2D eigenvalue weighted by molar-refractivity contribution is 0.0988. The third-order valence-corrected chi connectivity index (χ3v) is 5.27. The highest BCUT2D eigenvalue weighted by Gasteiger charge is 2.26. The molecule has 140 valence electrons. The molecule has 1 amide bonds. The van der Waals surface area contributed by atoms with Crippen molar-refractivity contribution >= 4 is 34.3 Å². The SMILES string of the molecule is COc1ccccc1N(C)C(=O)c1c(O)c2cc(SC)ccc2n(C)c1=O. The van der Waals surface area contributed by atoms with E-state index in [2.05, 4.69) is 0 Å². The molecule has 6 nitrogen and oxygen atoms in total. The molecule has 0 aliphatic carbocycles. The Balaban J connectivity index is 2.21. The number of anilines is 1. The number of pyridine rings is 1. The van der Waals surface area contributed by atoms with E-state index in [-0.39, 0.29) is 11.3 Å². The summed E-state index contributed by atoms with van der Waals surface area (Å²) in [6.07, 6.45) is 1.92. The monoisotopic (exact) mass is 384 g/mol. The third-order valence-electron chi connectivity index (χ3n) is 4.54. The van der Waals surface area contributed by atoms with Crippen molar-refractivity contribution < 1.29 is 14.6 Å². The average molecular weight is 384 g/mol. The Morgan fingerprint density at radius 2 is 1.93 bits per heavy atom. The summed E-state index contributed by atoms with van der Waals surface area (Å²) < 4.78 is 6.67. The number of carbonyl (C=O) groups excluding carboxylic acids is 1. The van der Waals surface area contributed by atoms with Crippen molar-refractivity contribution in [1.82, 2.24) is 4.57 Å². The zero-order valence-electron chi connectivity index (χ0n) is 15.5. The van der Waals surface area contributed by atoms with E-state index >= 15 is 0 Å². The molecule has 0 atom stereocenters. The molecule has 0 saturated heterocycles. The van der Waals surface area contributed by atoms with E-state index in [1.165, 1.54) is 28.3 Å². The summed E-state index contributed by atoms with van der Waals surface area (Å²) in [7, 11) is 4.64. The molecule has 0 bridgehead atoms. The summed E-state index contributed by atoms with van der Waals surface area (Å²) in [6.45, 7) is 0. The van der Waals surface area contributed by atoms with Gasteiger partial charge >= 0.3 is 0 Å². The second-order valence-corrected chi connectivity index (χ2v) is 6.89. The maximum Gasteiger partial charge on any atom is 0.267 e. The standard InChI is InChI=1S/C20H20N2O4S/c1-21-14-10-9-12(27-4)11-13(14)18(23)17(19(21)24)20(25)22(2)15-7-5-6-8-16(15)26-3/h5-11,23H,1-4H3. The minimum absolute atomic E-state index is 0.267. The molecule has 1 aromatic heterocycles. The van der Waals surface area contributed by atoms with Gasteiger partial charge in [-0.2, -0.15) is 0 Å². The van der Waals surface area contributed by atoms with Crippen LogP contribution in [0.3, 0.4) is 0 Å². The van der Waals surface area contributed by atoms with Crippen LogP contribution in [0.1, 0.15) is 10.4 Å². The molecule has 0 spiro atoms. The molecule has 0 fully saturated rings. The highest BCUT2D eigenvalue weighted by molar-refractivity contribution is 7.98. The number of nitrogens with zero attached hydrogens (tertiary/aromatic N) is 2.